The van der Waals surface area contributed by atoms with Gasteiger partial charge in [0.25, 0.3) is 0 Å². The van der Waals surface area contributed by atoms with Crippen LogP contribution in [0.1, 0.15) is 46.7 Å². The van der Waals surface area contributed by atoms with Crippen molar-refractivity contribution in [2.75, 3.05) is 7.11 Å². The van der Waals surface area contributed by atoms with E-state index in [0.29, 0.717) is 22.0 Å². The number of hydrogen-bond acceptors (Lipinski definition) is 5. The predicted molar refractivity (Wildman–Crippen MR) is 111 cm³/mol. The van der Waals surface area contributed by atoms with Crippen molar-refractivity contribution < 1.29 is 19.1 Å². The Morgan fingerprint density at radius 2 is 2.04 bits per heavy atom. The van der Waals surface area contributed by atoms with Crippen LogP contribution in [0.15, 0.2) is 30.0 Å². The zero-order valence-electron chi connectivity index (χ0n) is 17.1. The molecule has 0 spiro atoms. The molecule has 2 atom stereocenters. The normalized spacial score (nSPS) is 21.0. The summed E-state index contributed by atoms with van der Waals surface area (Å²) in [4.78, 5) is 28.8. The Labute approximate surface area is 170 Å². The lowest BCUT2D eigenvalue weighted by Gasteiger charge is -2.31. The average Bonchev–Trinajstić information content (AvgIpc) is 2.64. The highest BCUT2D eigenvalue weighted by Gasteiger charge is 2.46. The first-order chi connectivity index (χ1) is 13.1. The average molecular weight is 404 g/mol. The maximum Gasteiger partial charge on any atom is 0.304 e. The van der Waals surface area contributed by atoms with Gasteiger partial charge in [-0.1, -0.05) is 49.6 Å². The van der Waals surface area contributed by atoms with Gasteiger partial charge in [0.1, 0.15) is 0 Å². The molecule has 1 aromatic heterocycles. The van der Waals surface area contributed by atoms with Crippen molar-refractivity contribution in [1.82, 2.24) is 4.98 Å². The minimum Gasteiger partial charge on any atom is -0.496 e. The molecule has 1 aliphatic rings. The zero-order valence-corrected chi connectivity index (χ0v) is 17.9. The van der Waals surface area contributed by atoms with Crippen LogP contribution in [0.5, 0.6) is 0 Å². The van der Waals surface area contributed by atoms with Crippen LogP contribution < -0.4 is 10.4 Å². The Kier molecular flexibility index (Phi) is 6.83. The van der Waals surface area contributed by atoms with Gasteiger partial charge in [0.05, 0.1) is 17.8 Å². The van der Waals surface area contributed by atoms with E-state index in [1.54, 1.807) is 12.3 Å². The molecule has 0 amide bonds. The molecule has 0 saturated carbocycles. The van der Waals surface area contributed by atoms with E-state index in [1.807, 2.05) is 19.1 Å². The number of esters is 1. The van der Waals surface area contributed by atoms with E-state index >= 15 is 0 Å². The number of rotatable bonds is 6. The maximum atomic E-state index is 12.9. The summed E-state index contributed by atoms with van der Waals surface area (Å²) in [5.74, 6) is -0.417. The van der Waals surface area contributed by atoms with E-state index in [4.69, 9.17) is 21.1 Å². The summed E-state index contributed by atoms with van der Waals surface area (Å²) in [7, 11) is 1.42. The molecule has 150 valence electrons. The van der Waals surface area contributed by atoms with Crippen LogP contribution in [0.3, 0.4) is 0 Å². The molecule has 0 unspecified atom stereocenters. The summed E-state index contributed by atoms with van der Waals surface area (Å²) in [6, 6.07) is 1.73. The van der Waals surface area contributed by atoms with Crippen molar-refractivity contribution >= 4 is 40.2 Å². The Morgan fingerprint density at radius 1 is 1.36 bits per heavy atom. The highest BCUT2D eigenvalue weighted by Crippen LogP contribution is 2.30. The molecule has 28 heavy (non-hydrogen) atoms. The molecule has 5 nitrogen and oxygen atoms in total. The monoisotopic (exact) mass is 403 g/mol. The van der Waals surface area contributed by atoms with Crippen LogP contribution >= 0.6 is 11.6 Å². The molecule has 1 aromatic rings. The number of ketones is 1. The van der Waals surface area contributed by atoms with Gasteiger partial charge in [-0.25, -0.2) is 0 Å². The first-order valence-electron chi connectivity index (χ1n) is 9.19. The van der Waals surface area contributed by atoms with Crippen LogP contribution in [-0.4, -0.2) is 29.4 Å². The second-order valence-corrected chi connectivity index (χ2v) is 7.47. The molecular weight excluding hydrogens is 378 g/mol. The molecule has 0 saturated heterocycles. The van der Waals surface area contributed by atoms with E-state index in [1.165, 1.54) is 21.0 Å². The number of pyridine rings is 1. The van der Waals surface area contributed by atoms with Crippen molar-refractivity contribution in [3.8, 4) is 0 Å². The smallest absolute Gasteiger partial charge is 0.304 e. The number of fused-ring (bicyclic) bond motifs is 1. The standard InChI is InChI=1S/C22H26ClNO4/c1-7-13(2)10-14(3)8-9-16-11-17-18(12-24-16)21(27-6)22(5,28-15(4)25)20(26)19(17)23/h8-13H,7H2,1-6H3/b9-8+,14-10+/t13-,22+/m0/s1. The summed E-state index contributed by atoms with van der Waals surface area (Å²) in [5, 5.41) is 1.02. The number of Topliss-reactive ketones (excluding diaryl/α,β-unsaturated/α-hetero) is 1. The van der Waals surface area contributed by atoms with Gasteiger partial charge in [-0.05, 0) is 31.9 Å². The number of hydrogen-bond donors (Lipinski definition) is 0. The van der Waals surface area contributed by atoms with Gasteiger partial charge in [-0.15, -0.1) is 0 Å². The van der Waals surface area contributed by atoms with Crippen LogP contribution in [0.2, 0.25) is 0 Å². The molecule has 0 aliphatic heterocycles. The van der Waals surface area contributed by atoms with Crippen LogP contribution in [0.25, 0.3) is 16.9 Å². The first-order valence-corrected chi connectivity index (χ1v) is 9.57. The number of carbonyl (C=O) groups excluding carboxylic acids is 2. The van der Waals surface area contributed by atoms with Gasteiger partial charge in [-0.3, -0.25) is 14.6 Å². The summed E-state index contributed by atoms with van der Waals surface area (Å²) in [6.07, 6.45) is 8.70. The quantitative estimate of drug-likeness (QED) is 0.539. The second-order valence-electron chi connectivity index (χ2n) is 7.09. The summed E-state index contributed by atoms with van der Waals surface area (Å²) >= 11 is 6.35. The fraction of sp³-hybridized carbons (Fsp3) is 0.409. The Hall–Kier alpha value is -2.40. The fourth-order valence-corrected chi connectivity index (χ4v) is 3.48. The highest BCUT2D eigenvalue weighted by atomic mass is 35.5. The van der Waals surface area contributed by atoms with Gasteiger partial charge in [0, 0.05) is 23.6 Å². The predicted octanol–water partition coefficient (Wildman–Crippen LogP) is 3.09. The van der Waals surface area contributed by atoms with E-state index in [2.05, 4.69) is 24.9 Å². The van der Waals surface area contributed by atoms with Crippen LogP contribution in [-0.2, 0) is 19.1 Å². The Balaban J connectivity index is 2.59. The third-order valence-electron chi connectivity index (χ3n) is 4.73. The largest absolute Gasteiger partial charge is 0.496 e. The van der Waals surface area contributed by atoms with E-state index < -0.39 is 17.4 Å². The van der Waals surface area contributed by atoms with Gasteiger partial charge >= 0.3 is 5.97 Å². The number of ether oxygens (including phenoxy) is 2. The lowest BCUT2D eigenvalue weighted by atomic mass is 9.90. The third-order valence-corrected chi connectivity index (χ3v) is 5.11. The minimum atomic E-state index is -1.61. The van der Waals surface area contributed by atoms with Gasteiger partial charge < -0.3 is 9.47 Å². The van der Waals surface area contributed by atoms with E-state index in [0.717, 1.165) is 12.0 Å². The first kappa shape index (κ1) is 21.9. The molecule has 1 heterocycles. The zero-order chi connectivity index (χ0) is 21.1. The second kappa shape index (κ2) is 8.74. The Morgan fingerprint density at radius 3 is 2.61 bits per heavy atom. The molecule has 6 heteroatoms. The number of carbonyl (C=O) groups is 2. The van der Waals surface area contributed by atoms with Crippen molar-refractivity contribution in [2.24, 2.45) is 5.92 Å². The SMILES string of the molecule is CC[C@H](C)/C=C(C)/C=C/c1cc2c(cn1)=C(OC)[C@](C)(OC(C)=O)C(=O)C=2Cl. The topological polar surface area (TPSA) is 65.5 Å². The van der Waals surface area contributed by atoms with Crippen LogP contribution in [0.4, 0.5) is 0 Å². The van der Waals surface area contributed by atoms with Crippen molar-refractivity contribution in [3.05, 3.63) is 46.1 Å². The number of nitrogens with zero attached hydrogens (tertiary/aromatic N) is 1. The van der Waals surface area contributed by atoms with E-state index in [9.17, 15) is 9.59 Å². The van der Waals surface area contributed by atoms with Gasteiger partial charge in [-0.2, -0.15) is 0 Å². The number of methoxy groups -OCH3 is 1. The highest BCUT2D eigenvalue weighted by molar-refractivity contribution is 6.62. The number of halogens is 1. The van der Waals surface area contributed by atoms with Crippen LogP contribution in [0, 0.1) is 5.92 Å². The number of aromatic nitrogens is 1. The Bertz CT molecular complexity index is 977. The number of allylic oxidation sites excluding steroid dienone is 3. The molecule has 0 fully saturated rings. The maximum absolute atomic E-state index is 12.9. The summed E-state index contributed by atoms with van der Waals surface area (Å²) in [6.45, 7) is 9.04. The minimum absolute atomic E-state index is 0.0107. The van der Waals surface area contributed by atoms with Crippen molar-refractivity contribution in [2.45, 2.75) is 46.6 Å². The van der Waals surface area contributed by atoms with Gasteiger partial charge in [0.15, 0.2) is 5.76 Å². The molecule has 0 bridgehead atoms. The fourth-order valence-electron chi connectivity index (χ4n) is 3.14. The summed E-state index contributed by atoms with van der Waals surface area (Å²) < 4.78 is 10.7. The molecule has 1 aliphatic carbocycles. The lowest BCUT2D eigenvalue weighted by molar-refractivity contribution is -0.157. The summed E-state index contributed by atoms with van der Waals surface area (Å²) in [5.41, 5.74) is 0.180. The van der Waals surface area contributed by atoms with E-state index in [-0.39, 0.29) is 10.8 Å². The van der Waals surface area contributed by atoms with Gasteiger partial charge in [0.2, 0.25) is 11.4 Å². The molecule has 0 radical (unpaired) electrons. The molecule has 0 N–H and O–H groups in total. The lowest BCUT2D eigenvalue weighted by Crippen LogP contribution is -2.52. The van der Waals surface area contributed by atoms with Crippen molar-refractivity contribution in [3.63, 3.8) is 0 Å². The van der Waals surface area contributed by atoms with Crippen molar-refractivity contribution in [1.29, 1.82) is 0 Å². The molecule has 0 aromatic carbocycles. The molecular formula is C22H26ClNO4. The third kappa shape index (κ3) is 4.36. The molecule has 2 rings (SSSR count).